The normalized spacial score (nSPS) is 13.9. The molecular weight excluding hydrogens is 392 g/mol. The van der Waals surface area contributed by atoms with Gasteiger partial charge >= 0.3 is 0 Å². The van der Waals surface area contributed by atoms with E-state index >= 15 is 0 Å². The molecule has 4 aromatic rings. The van der Waals surface area contributed by atoms with Crippen molar-refractivity contribution in [3.63, 3.8) is 0 Å². The molecule has 1 aliphatic rings. The number of imidazole rings is 1. The van der Waals surface area contributed by atoms with E-state index in [1.165, 1.54) is 11.1 Å². The van der Waals surface area contributed by atoms with Gasteiger partial charge < -0.3 is 25.7 Å². The molecule has 4 heterocycles. The fraction of sp³-hybridized carbons (Fsp3) is 0.273. The van der Waals surface area contributed by atoms with Crippen LogP contribution in [0.25, 0.3) is 22.4 Å². The third-order valence-corrected chi connectivity index (χ3v) is 5.64. The summed E-state index contributed by atoms with van der Waals surface area (Å²) in [6.45, 7) is 2.24. The van der Waals surface area contributed by atoms with Crippen molar-refractivity contribution in [1.82, 2.24) is 29.8 Å². The largest absolute Gasteiger partial charge is 0.470 e. The third kappa shape index (κ3) is 3.64. The van der Waals surface area contributed by atoms with E-state index in [2.05, 4.69) is 54.3 Å². The average Bonchev–Trinajstić information content (AvgIpc) is 3.27. The molecule has 9 heteroatoms. The number of ether oxygens (including phenoxy) is 1. The molecule has 0 bridgehead atoms. The van der Waals surface area contributed by atoms with E-state index in [0.717, 1.165) is 47.5 Å². The number of nitrogen functional groups attached to an aromatic ring is 1. The summed E-state index contributed by atoms with van der Waals surface area (Å²) in [6.07, 6.45) is 6.03. The number of nitrogens with one attached hydrogen (secondary N) is 2. The second kappa shape index (κ2) is 7.84. The number of anilines is 2. The number of benzene rings is 1. The molecule has 1 aliphatic heterocycles. The van der Waals surface area contributed by atoms with Crippen LogP contribution in [-0.4, -0.2) is 50.5 Å². The summed E-state index contributed by atoms with van der Waals surface area (Å²) in [5.74, 6) is 0.563. The molecule has 0 radical (unpaired) electrons. The van der Waals surface area contributed by atoms with Gasteiger partial charge in [0.1, 0.15) is 6.61 Å². The van der Waals surface area contributed by atoms with Crippen molar-refractivity contribution in [2.24, 2.45) is 0 Å². The number of fused-ring (bicyclic) bond motifs is 2. The highest BCUT2D eigenvalue weighted by Gasteiger charge is 2.19. The summed E-state index contributed by atoms with van der Waals surface area (Å²) in [6, 6.07) is 6.19. The van der Waals surface area contributed by atoms with Crippen LogP contribution in [0.4, 0.5) is 11.5 Å². The second-order valence-electron chi connectivity index (χ2n) is 7.70. The molecule has 3 aromatic heterocycles. The minimum Gasteiger partial charge on any atom is -0.470 e. The van der Waals surface area contributed by atoms with Crippen molar-refractivity contribution in [1.29, 1.82) is 0 Å². The number of aromatic nitrogens is 5. The molecule has 0 atom stereocenters. The second-order valence-corrected chi connectivity index (χ2v) is 7.70. The lowest BCUT2D eigenvalue weighted by atomic mass is 9.94. The Morgan fingerprint density at radius 1 is 1.26 bits per heavy atom. The van der Waals surface area contributed by atoms with E-state index in [4.69, 9.17) is 10.5 Å². The number of rotatable bonds is 5. The van der Waals surface area contributed by atoms with E-state index in [0.29, 0.717) is 11.5 Å². The minimum atomic E-state index is 0.255. The number of likely N-dealkylation sites (N-methyl/N-ethyl adjacent to an activating group) is 1. The highest BCUT2D eigenvalue weighted by atomic mass is 16.5. The quantitative estimate of drug-likeness (QED) is 0.454. The first-order valence-corrected chi connectivity index (χ1v) is 10.2. The van der Waals surface area contributed by atoms with Gasteiger partial charge in [0.05, 0.1) is 23.7 Å². The highest BCUT2D eigenvalue weighted by Crippen LogP contribution is 2.32. The predicted molar refractivity (Wildman–Crippen MR) is 120 cm³/mol. The van der Waals surface area contributed by atoms with E-state index in [9.17, 15) is 0 Å². The molecule has 9 nitrogen and oxygen atoms in total. The zero-order valence-corrected chi connectivity index (χ0v) is 17.5. The monoisotopic (exact) mass is 416 g/mol. The number of aromatic amines is 1. The Balaban J connectivity index is 1.46. The van der Waals surface area contributed by atoms with Gasteiger partial charge in [0.2, 0.25) is 0 Å². The predicted octanol–water partition coefficient (Wildman–Crippen LogP) is 2.61. The van der Waals surface area contributed by atoms with Gasteiger partial charge in [0.15, 0.2) is 11.5 Å². The Hall–Kier alpha value is -3.72. The summed E-state index contributed by atoms with van der Waals surface area (Å²) >= 11 is 0. The first kappa shape index (κ1) is 19.3. The van der Waals surface area contributed by atoms with Crippen LogP contribution in [0.15, 0.2) is 36.9 Å². The Labute approximate surface area is 179 Å². The number of H-pyrrole nitrogens is 1. The summed E-state index contributed by atoms with van der Waals surface area (Å²) in [5, 5.41) is 3.33. The molecule has 4 N–H and O–H groups in total. The van der Waals surface area contributed by atoms with Crippen molar-refractivity contribution >= 4 is 22.7 Å². The smallest absolute Gasteiger partial charge is 0.258 e. The Morgan fingerprint density at radius 3 is 3.03 bits per heavy atom. The maximum atomic E-state index is 6.06. The first-order chi connectivity index (χ1) is 15.1. The van der Waals surface area contributed by atoms with Crippen LogP contribution in [0.3, 0.4) is 0 Å². The number of nitrogens with zero attached hydrogens (tertiary/aromatic N) is 5. The molecule has 5 rings (SSSR count). The van der Waals surface area contributed by atoms with Gasteiger partial charge in [-0.3, -0.25) is 0 Å². The van der Waals surface area contributed by atoms with Crippen molar-refractivity contribution in [3.8, 4) is 17.1 Å². The SMILES string of the molecule is CNc1cc(-c2cnc(N)c(OCc3ccnc4nc[nH]c34)n2)cc2c1CCN(C)C2. The van der Waals surface area contributed by atoms with Gasteiger partial charge in [-0.1, -0.05) is 0 Å². The van der Waals surface area contributed by atoms with Crippen LogP contribution in [0.5, 0.6) is 5.88 Å². The van der Waals surface area contributed by atoms with Crippen LogP contribution in [0.1, 0.15) is 16.7 Å². The van der Waals surface area contributed by atoms with E-state index in [1.807, 2.05) is 13.1 Å². The van der Waals surface area contributed by atoms with Crippen LogP contribution < -0.4 is 15.8 Å². The fourth-order valence-corrected chi connectivity index (χ4v) is 4.01. The van der Waals surface area contributed by atoms with Crippen molar-refractivity contribution < 1.29 is 4.74 Å². The van der Waals surface area contributed by atoms with Crippen LogP contribution in [0, 0.1) is 0 Å². The van der Waals surface area contributed by atoms with E-state index < -0.39 is 0 Å². The van der Waals surface area contributed by atoms with Crippen molar-refractivity contribution in [3.05, 3.63) is 53.6 Å². The van der Waals surface area contributed by atoms with E-state index in [-0.39, 0.29) is 12.4 Å². The molecule has 0 saturated heterocycles. The van der Waals surface area contributed by atoms with Gasteiger partial charge in [-0.25, -0.2) is 19.9 Å². The summed E-state index contributed by atoms with van der Waals surface area (Å²) < 4.78 is 5.95. The average molecular weight is 416 g/mol. The Kier molecular flexibility index (Phi) is 4.87. The Bertz CT molecular complexity index is 1250. The number of hydrogen-bond donors (Lipinski definition) is 3. The minimum absolute atomic E-state index is 0.255. The molecule has 1 aromatic carbocycles. The lowest BCUT2D eigenvalue weighted by molar-refractivity contribution is 0.296. The lowest BCUT2D eigenvalue weighted by Gasteiger charge is -2.27. The van der Waals surface area contributed by atoms with Gasteiger partial charge in [-0.2, -0.15) is 0 Å². The van der Waals surface area contributed by atoms with Crippen LogP contribution in [-0.2, 0) is 19.6 Å². The van der Waals surface area contributed by atoms with Crippen LogP contribution >= 0.6 is 0 Å². The molecule has 0 spiro atoms. The zero-order valence-electron chi connectivity index (χ0n) is 17.5. The highest BCUT2D eigenvalue weighted by molar-refractivity contribution is 5.74. The van der Waals surface area contributed by atoms with Gasteiger partial charge in [0.25, 0.3) is 5.88 Å². The standard InChI is InChI=1S/C22H24N8O/c1-24-17-8-14(7-15-10-30(2)6-4-16(15)17)18-9-26-20(23)22(29-18)31-11-13-3-5-25-21-19(13)27-12-28-21/h3,5,7-9,12,24H,4,6,10-11H2,1-2H3,(H2,23,26)(H,25,27,28). The topological polar surface area (TPSA) is 118 Å². The molecule has 0 amide bonds. The summed E-state index contributed by atoms with van der Waals surface area (Å²) in [5.41, 5.74) is 14.0. The third-order valence-electron chi connectivity index (χ3n) is 5.64. The molecule has 0 fully saturated rings. The number of hydrogen-bond acceptors (Lipinski definition) is 8. The fourth-order valence-electron chi connectivity index (χ4n) is 4.01. The summed E-state index contributed by atoms with van der Waals surface area (Å²) in [4.78, 5) is 22.8. The summed E-state index contributed by atoms with van der Waals surface area (Å²) in [7, 11) is 4.09. The molecule has 0 unspecified atom stereocenters. The zero-order chi connectivity index (χ0) is 21.4. The molecule has 158 valence electrons. The molecule has 0 saturated carbocycles. The van der Waals surface area contributed by atoms with Crippen LogP contribution in [0.2, 0.25) is 0 Å². The number of nitrogens with two attached hydrogens (primary N) is 1. The van der Waals surface area contributed by atoms with E-state index in [1.54, 1.807) is 18.7 Å². The van der Waals surface area contributed by atoms with Crippen molar-refractivity contribution in [2.45, 2.75) is 19.6 Å². The van der Waals surface area contributed by atoms with Crippen molar-refractivity contribution in [2.75, 3.05) is 31.7 Å². The Morgan fingerprint density at radius 2 is 2.16 bits per heavy atom. The van der Waals surface area contributed by atoms with Gasteiger partial charge in [0, 0.05) is 43.1 Å². The number of pyridine rings is 1. The first-order valence-electron chi connectivity index (χ1n) is 10.2. The maximum Gasteiger partial charge on any atom is 0.258 e. The van der Waals surface area contributed by atoms with Gasteiger partial charge in [-0.15, -0.1) is 0 Å². The molecule has 0 aliphatic carbocycles. The maximum absolute atomic E-state index is 6.06. The molecule has 31 heavy (non-hydrogen) atoms. The molecular formula is C22H24N8O. The lowest BCUT2D eigenvalue weighted by Crippen LogP contribution is -2.27. The van der Waals surface area contributed by atoms with Gasteiger partial charge in [-0.05, 0) is 42.8 Å².